The lowest BCUT2D eigenvalue weighted by Crippen LogP contribution is -2.23. The molecule has 78 valence electrons. The van der Waals surface area contributed by atoms with Crippen LogP contribution in [0.5, 0.6) is 0 Å². The maximum Gasteiger partial charge on any atom is 0.0617 e. The van der Waals surface area contributed by atoms with Gasteiger partial charge in [-0.25, -0.2) is 0 Å². The minimum atomic E-state index is 0.503. The Hall–Kier alpha value is -1.09. The molecule has 0 spiro atoms. The van der Waals surface area contributed by atoms with E-state index in [1.54, 1.807) is 0 Å². The van der Waals surface area contributed by atoms with Crippen LogP contribution in [0.3, 0.4) is 0 Å². The van der Waals surface area contributed by atoms with Crippen molar-refractivity contribution >= 4 is 0 Å². The molecule has 1 rings (SSSR count). The van der Waals surface area contributed by atoms with E-state index in [4.69, 9.17) is 0 Å². The van der Waals surface area contributed by atoms with Crippen molar-refractivity contribution < 1.29 is 0 Å². The van der Waals surface area contributed by atoms with Crippen LogP contribution >= 0.6 is 0 Å². The molecule has 1 aromatic rings. The third-order valence-electron chi connectivity index (χ3n) is 1.92. The summed E-state index contributed by atoms with van der Waals surface area (Å²) in [7, 11) is 0. The molecule has 0 fully saturated rings. The highest BCUT2D eigenvalue weighted by Gasteiger charge is 2.02. The summed E-state index contributed by atoms with van der Waals surface area (Å²) in [5, 5.41) is 7.62. The number of nitrogens with zero attached hydrogens (tertiary/aromatic N) is 2. The summed E-state index contributed by atoms with van der Waals surface area (Å²) >= 11 is 0. The van der Waals surface area contributed by atoms with Gasteiger partial charge >= 0.3 is 0 Å². The summed E-state index contributed by atoms with van der Waals surface area (Å²) in [6.07, 6.45) is 1.83. The highest BCUT2D eigenvalue weighted by atomic mass is 15.3. The second kappa shape index (κ2) is 4.96. The number of aromatic nitrogens is 2. The van der Waals surface area contributed by atoms with Crippen molar-refractivity contribution in [1.82, 2.24) is 15.1 Å². The van der Waals surface area contributed by atoms with E-state index in [1.807, 2.05) is 23.9 Å². The first-order valence-corrected chi connectivity index (χ1v) is 4.98. The van der Waals surface area contributed by atoms with E-state index in [2.05, 4.69) is 30.8 Å². The van der Waals surface area contributed by atoms with Gasteiger partial charge in [-0.05, 0) is 13.0 Å². The molecule has 0 bridgehead atoms. The van der Waals surface area contributed by atoms with Crippen LogP contribution in [0.25, 0.3) is 0 Å². The fourth-order valence-electron chi connectivity index (χ4n) is 1.22. The molecule has 1 heterocycles. The lowest BCUT2D eigenvalue weighted by molar-refractivity contribution is 0.545. The number of allylic oxidation sites excluding steroid dienone is 1. The molecule has 0 amide bonds. The third kappa shape index (κ3) is 3.34. The maximum atomic E-state index is 4.25. The van der Waals surface area contributed by atoms with Gasteiger partial charge < -0.3 is 5.32 Å². The average molecular weight is 193 g/mol. The third-order valence-corrected chi connectivity index (χ3v) is 1.92. The molecule has 1 aromatic heterocycles. The summed E-state index contributed by atoms with van der Waals surface area (Å²) in [5.41, 5.74) is 2.33. The Bertz CT molecular complexity index is 299. The summed E-state index contributed by atoms with van der Waals surface area (Å²) in [6, 6.07) is 2.54. The lowest BCUT2D eigenvalue weighted by Gasteiger charge is -2.10. The predicted octanol–water partition coefficient (Wildman–Crippen LogP) is 1.96. The summed E-state index contributed by atoms with van der Waals surface area (Å²) < 4.78 is 1.98. The van der Waals surface area contributed by atoms with E-state index < -0.39 is 0 Å². The highest BCUT2D eigenvalue weighted by molar-refractivity contribution is 5.03. The van der Waals surface area contributed by atoms with Crippen molar-refractivity contribution in [3.8, 4) is 0 Å². The van der Waals surface area contributed by atoms with Crippen molar-refractivity contribution in [3.05, 3.63) is 30.1 Å². The van der Waals surface area contributed by atoms with Gasteiger partial charge in [0.2, 0.25) is 0 Å². The molecule has 14 heavy (non-hydrogen) atoms. The molecule has 3 nitrogen and oxygen atoms in total. The van der Waals surface area contributed by atoms with Gasteiger partial charge in [0.15, 0.2) is 0 Å². The fraction of sp³-hybridized carbons (Fsp3) is 0.545. The second-order valence-electron chi connectivity index (χ2n) is 3.97. The van der Waals surface area contributed by atoms with Crippen molar-refractivity contribution in [1.29, 1.82) is 0 Å². The van der Waals surface area contributed by atoms with Gasteiger partial charge in [0.25, 0.3) is 0 Å². The van der Waals surface area contributed by atoms with Gasteiger partial charge in [0.05, 0.1) is 12.2 Å². The van der Waals surface area contributed by atoms with Crippen molar-refractivity contribution in [2.24, 2.45) is 0 Å². The van der Waals surface area contributed by atoms with Crippen LogP contribution in [-0.2, 0) is 13.1 Å². The molecular weight excluding hydrogens is 174 g/mol. The Balaban J connectivity index is 2.58. The summed E-state index contributed by atoms with van der Waals surface area (Å²) in [6.45, 7) is 11.9. The Morgan fingerprint density at radius 1 is 1.64 bits per heavy atom. The molecule has 0 saturated heterocycles. The van der Waals surface area contributed by atoms with Crippen molar-refractivity contribution in [2.45, 2.75) is 39.9 Å². The molecule has 0 unspecified atom stereocenters. The van der Waals surface area contributed by atoms with Gasteiger partial charge in [-0.1, -0.05) is 26.0 Å². The van der Waals surface area contributed by atoms with E-state index in [9.17, 15) is 0 Å². The van der Waals surface area contributed by atoms with Gasteiger partial charge in [0.1, 0.15) is 0 Å². The van der Waals surface area contributed by atoms with Crippen LogP contribution in [0, 0.1) is 0 Å². The number of hydrogen-bond donors (Lipinski definition) is 1. The highest BCUT2D eigenvalue weighted by Crippen LogP contribution is 2.02. The predicted molar refractivity (Wildman–Crippen MR) is 59.0 cm³/mol. The molecule has 3 heteroatoms. The minimum Gasteiger partial charge on any atom is -0.309 e. The SMILES string of the molecule is C=C(C)Cn1nccc1CNC(C)C. The molecule has 0 aliphatic heterocycles. The average Bonchev–Trinajstić information content (AvgIpc) is 2.47. The monoisotopic (exact) mass is 193 g/mol. The normalized spacial score (nSPS) is 10.9. The smallest absolute Gasteiger partial charge is 0.0617 e. The number of nitrogens with one attached hydrogen (secondary N) is 1. The van der Waals surface area contributed by atoms with Gasteiger partial charge in [-0.2, -0.15) is 5.10 Å². The molecule has 0 atom stereocenters. The topological polar surface area (TPSA) is 29.9 Å². The molecule has 0 radical (unpaired) electrons. The molecular formula is C11H19N3. The van der Waals surface area contributed by atoms with Crippen molar-refractivity contribution in [2.75, 3.05) is 0 Å². The van der Waals surface area contributed by atoms with E-state index in [0.717, 1.165) is 18.7 Å². The zero-order valence-electron chi connectivity index (χ0n) is 9.25. The Labute approximate surface area is 85.8 Å². The van der Waals surface area contributed by atoms with Crippen LogP contribution in [0.2, 0.25) is 0 Å². The quantitative estimate of drug-likeness (QED) is 0.724. The standard InChI is InChI=1S/C11H19N3/c1-9(2)8-14-11(5-6-13-14)7-12-10(3)4/h5-6,10,12H,1,7-8H2,2-4H3. The first-order valence-electron chi connectivity index (χ1n) is 4.98. The first-order chi connectivity index (χ1) is 6.59. The second-order valence-corrected chi connectivity index (χ2v) is 3.97. The largest absolute Gasteiger partial charge is 0.309 e. The molecule has 0 aliphatic carbocycles. The zero-order valence-corrected chi connectivity index (χ0v) is 9.25. The van der Waals surface area contributed by atoms with Crippen LogP contribution in [0.4, 0.5) is 0 Å². The molecule has 0 aliphatic rings. The first kappa shape index (κ1) is 11.0. The minimum absolute atomic E-state index is 0.503. The van der Waals surface area contributed by atoms with Crippen molar-refractivity contribution in [3.63, 3.8) is 0 Å². The van der Waals surface area contributed by atoms with Crippen LogP contribution < -0.4 is 5.32 Å². The molecule has 1 N–H and O–H groups in total. The Morgan fingerprint density at radius 2 is 2.36 bits per heavy atom. The van der Waals surface area contributed by atoms with E-state index in [-0.39, 0.29) is 0 Å². The van der Waals surface area contributed by atoms with Gasteiger partial charge in [-0.15, -0.1) is 0 Å². The Morgan fingerprint density at radius 3 is 2.93 bits per heavy atom. The van der Waals surface area contributed by atoms with Crippen LogP contribution in [0.1, 0.15) is 26.5 Å². The maximum absolute atomic E-state index is 4.25. The van der Waals surface area contributed by atoms with Gasteiger partial charge in [0, 0.05) is 18.8 Å². The zero-order chi connectivity index (χ0) is 10.6. The number of hydrogen-bond acceptors (Lipinski definition) is 2. The fourth-order valence-corrected chi connectivity index (χ4v) is 1.22. The van der Waals surface area contributed by atoms with Gasteiger partial charge in [-0.3, -0.25) is 4.68 Å². The molecule has 0 saturated carbocycles. The van der Waals surface area contributed by atoms with Crippen LogP contribution in [0.15, 0.2) is 24.4 Å². The van der Waals surface area contributed by atoms with Crippen LogP contribution in [-0.4, -0.2) is 15.8 Å². The summed E-state index contributed by atoms with van der Waals surface area (Å²) in [4.78, 5) is 0. The van der Waals surface area contributed by atoms with E-state index >= 15 is 0 Å². The number of rotatable bonds is 5. The molecule has 0 aromatic carbocycles. The lowest BCUT2D eigenvalue weighted by atomic mass is 10.3. The van der Waals surface area contributed by atoms with E-state index in [1.165, 1.54) is 5.69 Å². The summed E-state index contributed by atoms with van der Waals surface area (Å²) in [5.74, 6) is 0. The Kier molecular flexibility index (Phi) is 3.89. The van der Waals surface area contributed by atoms with E-state index in [0.29, 0.717) is 6.04 Å².